The molecule has 1 heterocycles. The molecule has 0 N–H and O–H groups in total. The fraction of sp³-hybridized carbons (Fsp3) is 0.222. The van der Waals surface area contributed by atoms with Crippen LogP contribution in [-0.2, 0) is 4.89 Å². The number of aliphatic imine (C=N–C) groups is 1. The molecule has 0 aliphatic carbocycles. The molecule has 0 aromatic heterocycles. The van der Waals surface area contributed by atoms with Gasteiger partial charge in [-0.05, 0) is 18.3 Å². The van der Waals surface area contributed by atoms with E-state index in [1.54, 1.807) is 0 Å². The van der Waals surface area contributed by atoms with Crippen LogP contribution in [0.25, 0.3) is 0 Å². The van der Waals surface area contributed by atoms with Crippen LogP contribution >= 0.6 is 12.2 Å². The minimum absolute atomic E-state index is 0.0811. The molecule has 0 radical (unpaired) electrons. The summed E-state index contributed by atoms with van der Waals surface area (Å²) in [5.74, 6) is 0.702. The first kappa shape index (κ1) is 8.38. The van der Waals surface area contributed by atoms with E-state index < -0.39 is 0 Å². The molecular formula is C9H7NO2S. The van der Waals surface area contributed by atoms with Gasteiger partial charge in [-0.2, -0.15) is 4.89 Å². The van der Waals surface area contributed by atoms with Gasteiger partial charge < -0.3 is 4.89 Å². The molecule has 0 amide bonds. The van der Waals surface area contributed by atoms with Crippen molar-refractivity contribution in [2.24, 2.45) is 4.99 Å². The Balaban J connectivity index is 2.42. The molecule has 3 nitrogen and oxygen atoms in total. The van der Waals surface area contributed by atoms with Gasteiger partial charge >= 0.3 is 0 Å². The summed E-state index contributed by atoms with van der Waals surface area (Å²) in [6.07, 6.45) is 0. The molecule has 0 fully saturated rings. The Kier molecular flexibility index (Phi) is 2.36. The fourth-order valence-electron chi connectivity index (χ4n) is 1.25. The number of rotatable bonds is 1. The molecule has 0 spiro atoms. The molecule has 13 heavy (non-hydrogen) atoms. The van der Waals surface area contributed by atoms with Gasteiger partial charge in [0.2, 0.25) is 0 Å². The van der Waals surface area contributed by atoms with Crippen molar-refractivity contribution >= 4 is 17.4 Å². The Bertz CT molecular complexity index is 360. The van der Waals surface area contributed by atoms with Gasteiger partial charge in [-0.15, -0.1) is 0 Å². The summed E-state index contributed by atoms with van der Waals surface area (Å²) >= 11 is 4.55. The lowest BCUT2D eigenvalue weighted by molar-refractivity contribution is -0.221. The van der Waals surface area contributed by atoms with Gasteiger partial charge in [0.1, 0.15) is 12.6 Å². The summed E-state index contributed by atoms with van der Waals surface area (Å²) < 4.78 is 0. The number of isothiocyanates is 1. The van der Waals surface area contributed by atoms with Crippen molar-refractivity contribution in [3.8, 4) is 5.75 Å². The van der Waals surface area contributed by atoms with Crippen LogP contribution in [0.1, 0.15) is 11.6 Å². The molecule has 1 aromatic rings. The van der Waals surface area contributed by atoms with Gasteiger partial charge in [0.05, 0.1) is 5.16 Å². The fourth-order valence-corrected chi connectivity index (χ4v) is 1.38. The first-order valence-corrected chi connectivity index (χ1v) is 4.28. The van der Waals surface area contributed by atoms with Gasteiger partial charge in [0.25, 0.3) is 0 Å². The van der Waals surface area contributed by atoms with Gasteiger partial charge in [-0.25, -0.2) is 4.99 Å². The van der Waals surface area contributed by atoms with Crippen LogP contribution in [0.5, 0.6) is 5.75 Å². The molecular weight excluding hydrogens is 186 g/mol. The third-order valence-electron chi connectivity index (χ3n) is 1.86. The second kappa shape index (κ2) is 3.66. The molecule has 2 rings (SSSR count). The van der Waals surface area contributed by atoms with Crippen LogP contribution < -0.4 is 4.89 Å². The summed E-state index contributed by atoms with van der Waals surface area (Å²) in [4.78, 5) is 13.8. The van der Waals surface area contributed by atoms with Gasteiger partial charge in [-0.3, -0.25) is 0 Å². The van der Waals surface area contributed by atoms with E-state index >= 15 is 0 Å². The Labute approximate surface area is 80.9 Å². The zero-order valence-electron chi connectivity index (χ0n) is 6.77. The van der Waals surface area contributed by atoms with Gasteiger partial charge in [-0.1, -0.05) is 18.2 Å². The standard InChI is InChI=1S/C9H7NO2S/c13-6-10-8-5-11-12-9-4-2-1-3-7(8)9/h1-4,8H,5H2. The zero-order valence-corrected chi connectivity index (χ0v) is 7.58. The summed E-state index contributed by atoms with van der Waals surface area (Å²) in [7, 11) is 0. The van der Waals surface area contributed by atoms with E-state index in [1.807, 2.05) is 24.3 Å². The summed E-state index contributed by atoms with van der Waals surface area (Å²) in [5.41, 5.74) is 0.992. The quantitative estimate of drug-likeness (QED) is 0.389. The second-order valence-corrected chi connectivity index (χ2v) is 2.82. The number of para-hydroxylation sites is 1. The number of thiocarbonyl (C=S) groups is 1. The Morgan fingerprint density at radius 3 is 3.15 bits per heavy atom. The van der Waals surface area contributed by atoms with Gasteiger partial charge in [0.15, 0.2) is 5.75 Å². The predicted octanol–water partition coefficient (Wildman–Crippen LogP) is 2.15. The molecule has 66 valence electrons. The summed E-state index contributed by atoms with van der Waals surface area (Å²) in [5, 5.41) is 2.35. The average Bonchev–Trinajstić information content (AvgIpc) is 2.19. The molecule has 0 saturated heterocycles. The first-order valence-electron chi connectivity index (χ1n) is 3.87. The first-order chi connectivity index (χ1) is 6.42. The summed E-state index contributed by atoms with van der Waals surface area (Å²) in [6, 6.07) is 7.51. The van der Waals surface area contributed by atoms with Crippen molar-refractivity contribution in [3.63, 3.8) is 0 Å². The SMILES string of the molecule is S=C=NC1COOc2ccccc21. The highest BCUT2D eigenvalue weighted by atomic mass is 32.1. The van der Waals surface area contributed by atoms with E-state index in [2.05, 4.69) is 22.4 Å². The summed E-state index contributed by atoms with van der Waals surface area (Å²) in [6.45, 7) is 0.390. The molecule has 4 heteroatoms. The smallest absolute Gasteiger partial charge is 0.170 e. The number of benzene rings is 1. The van der Waals surface area contributed by atoms with Crippen molar-refractivity contribution in [1.82, 2.24) is 0 Å². The predicted molar refractivity (Wildman–Crippen MR) is 50.8 cm³/mol. The Hall–Kier alpha value is -1.22. The van der Waals surface area contributed by atoms with E-state index in [0.29, 0.717) is 12.4 Å². The highest BCUT2D eigenvalue weighted by molar-refractivity contribution is 7.78. The van der Waals surface area contributed by atoms with Crippen molar-refractivity contribution in [2.45, 2.75) is 6.04 Å². The molecule has 1 aromatic carbocycles. The minimum atomic E-state index is -0.0811. The minimum Gasteiger partial charge on any atom is -0.337 e. The monoisotopic (exact) mass is 193 g/mol. The normalized spacial score (nSPS) is 19.5. The van der Waals surface area contributed by atoms with E-state index in [0.717, 1.165) is 5.56 Å². The largest absolute Gasteiger partial charge is 0.337 e. The maximum atomic E-state index is 4.98. The van der Waals surface area contributed by atoms with Crippen LogP contribution in [0.15, 0.2) is 29.3 Å². The lowest BCUT2D eigenvalue weighted by Crippen LogP contribution is -2.15. The van der Waals surface area contributed by atoms with E-state index in [9.17, 15) is 0 Å². The van der Waals surface area contributed by atoms with Crippen molar-refractivity contribution < 1.29 is 9.78 Å². The molecule has 1 atom stereocenters. The molecule has 1 unspecified atom stereocenters. The maximum absolute atomic E-state index is 4.98. The van der Waals surface area contributed by atoms with E-state index in [4.69, 9.17) is 9.78 Å². The van der Waals surface area contributed by atoms with Crippen LogP contribution in [-0.4, -0.2) is 11.8 Å². The van der Waals surface area contributed by atoms with Crippen molar-refractivity contribution in [3.05, 3.63) is 29.8 Å². The third-order valence-corrected chi connectivity index (χ3v) is 1.97. The highest BCUT2D eigenvalue weighted by Crippen LogP contribution is 2.31. The lowest BCUT2D eigenvalue weighted by atomic mass is 10.1. The zero-order chi connectivity index (χ0) is 9.10. The molecule has 0 saturated carbocycles. The van der Waals surface area contributed by atoms with Crippen LogP contribution in [0.4, 0.5) is 0 Å². The molecule has 0 bridgehead atoms. The highest BCUT2D eigenvalue weighted by Gasteiger charge is 2.21. The number of fused-ring (bicyclic) bond motifs is 1. The van der Waals surface area contributed by atoms with Crippen LogP contribution in [0.3, 0.4) is 0 Å². The molecule has 1 aliphatic rings. The lowest BCUT2D eigenvalue weighted by Gasteiger charge is -2.20. The maximum Gasteiger partial charge on any atom is 0.170 e. The van der Waals surface area contributed by atoms with E-state index in [1.165, 1.54) is 0 Å². The van der Waals surface area contributed by atoms with Crippen molar-refractivity contribution in [1.29, 1.82) is 0 Å². The number of hydrogen-bond acceptors (Lipinski definition) is 4. The third kappa shape index (κ3) is 1.60. The number of hydrogen-bond donors (Lipinski definition) is 0. The number of nitrogens with zero attached hydrogens (tertiary/aromatic N) is 1. The van der Waals surface area contributed by atoms with Crippen molar-refractivity contribution in [2.75, 3.05) is 6.61 Å². The molecule has 1 aliphatic heterocycles. The topological polar surface area (TPSA) is 30.8 Å². The Morgan fingerprint density at radius 1 is 1.46 bits per heavy atom. The average molecular weight is 193 g/mol. The van der Waals surface area contributed by atoms with Crippen LogP contribution in [0, 0.1) is 0 Å². The Morgan fingerprint density at radius 2 is 2.31 bits per heavy atom. The van der Waals surface area contributed by atoms with E-state index in [-0.39, 0.29) is 6.04 Å². The van der Waals surface area contributed by atoms with Gasteiger partial charge in [0, 0.05) is 5.56 Å². The second-order valence-electron chi connectivity index (χ2n) is 2.64. The van der Waals surface area contributed by atoms with Crippen LogP contribution in [0.2, 0.25) is 0 Å².